The van der Waals surface area contributed by atoms with Gasteiger partial charge in [0, 0.05) is 19.6 Å². The van der Waals surface area contributed by atoms with Crippen molar-refractivity contribution in [3.63, 3.8) is 0 Å². The Morgan fingerprint density at radius 2 is 0.908 bits per heavy atom. The molecule has 3 aromatic carbocycles. The monoisotopic (exact) mass is 1420 g/mol. The van der Waals surface area contributed by atoms with Crippen LogP contribution in [0.25, 0.3) is 33.5 Å². The van der Waals surface area contributed by atoms with Gasteiger partial charge < -0.3 is 77.6 Å². The van der Waals surface area contributed by atoms with Crippen molar-refractivity contribution in [2.24, 2.45) is 0 Å². The van der Waals surface area contributed by atoms with Crippen LogP contribution in [0.15, 0.2) is 115 Å². The number of nitrogens with one attached hydrogen (secondary N) is 3. The van der Waals surface area contributed by atoms with Crippen LogP contribution in [-0.2, 0) is 109 Å². The maximum absolute atomic E-state index is 13.5. The van der Waals surface area contributed by atoms with E-state index in [1.54, 1.807) is 54.1 Å². The number of rotatable bonds is 37. The first-order valence-electron chi connectivity index (χ1n) is 30.4. The number of nitrogen functional groups attached to an aromatic ring is 3. The standard InChI is InChI=1S/2C21H29N6O6P.C18H22N5O6P/c2*1-4-32-20(28)15(2)26-34(29,33-12-16-8-6-5-7-9-16)14-31-11-10-27-13-23-17-18(27)24-21(22)25-19(17)30-3;1-13(24)9-28-30(26,29-10-14-5-3-2-4-6-14)12-27-8-7-23-11-20-15-16(23)21-18(19)22-17(15)25/h2*5-9,13,15H,4,10-12,14H2,1-3H3,(H,26,29)(H2,22,24,25);2-6,11H,7-10,12H2,1H3,(H3,19,21,22,25)/t2*15-,34?;/m10./s1. The molecule has 0 spiro atoms. The first-order valence-corrected chi connectivity index (χ1v) is 35.7. The summed E-state index contributed by atoms with van der Waals surface area (Å²) in [5.41, 5.74) is 21.5. The summed E-state index contributed by atoms with van der Waals surface area (Å²) < 4.78 is 104. The molecule has 35 nitrogen and oxygen atoms in total. The lowest BCUT2D eigenvalue weighted by Gasteiger charge is -2.23. The number of aromatic amines is 1. The molecule has 0 aliphatic rings. The fourth-order valence-electron chi connectivity index (χ4n) is 8.66. The Morgan fingerprint density at radius 1 is 0.531 bits per heavy atom. The number of carbonyl (C=O) groups is 3. The van der Waals surface area contributed by atoms with E-state index in [0.29, 0.717) is 41.1 Å². The number of nitrogens with zero attached hydrogens (tertiary/aromatic N) is 11. The number of nitrogens with two attached hydrogens (primary N) is 3. The zero-order chi connectivity index (χ0) is 70.7. The summed E-state index contributed by atoms with van der Waals surface area (Å²) in [4.78, 5) is 82.5. The molecule has 9 rings (SSSR count). The van der Waals surface area contributed by atoms with Gasteiger partial charge in [-0.15, -0.1) is 0 Å². The Kier molecular flexibility index (Phi) is 29.4. The van der Waals surface area contributed by atoms with Gasteiger partial charge in [-0.05, 0) is 51.3 Å². The largest absolute Gasteiger partial charge is 0.479 e. The number of ether oxygens (including phenoxy) is 7. The number of carbonyl (C=O) groups excluding carboxylic acids is 3. The number of benzene rings is 3. The number of esters is 2. The quantitative estimate of drug-likeness (QED) is 0.0140. The smallest absolute Gasteiger partial charge is 0.356 e. The average Bonchev–Trinajstić information content (AvgIpc) is 1.68. The van der Waals surface area contributed by atoms with Crippen molar-refractivity contribution >= 4 is 91.7 Å². The van der Waals surface area contributed by atoms with Crippen molar-refractivity contribution in [3.05, 3.63) is 137 Å². The molecule has 0 bridgehead atoms. The number of hydrogen-bond acceptors (Lipinski definition) is 29. The summed E-state index contributed by atoms with van der Waals surface area (Å²) in [5.74, 6) is -0.685. The van der Waals surface area contributed by atoms with Crippen LogP contribution in [0.2, 0.25) is 0 Å². The molecule has 528 valence electrons. The Balaban J connectivity index is 0.000000207. The van der Waals surface area contributed by atoms with Gasteiger partial charge in [-0.3, -0.25) is 42.4 Å². The highest BCUT2D eigenvalue weighted by Gasteiger charge is 2.32. The number of methoxy groups -OCH3 is 2. The number of Topliss-reactive ketones (excluding diaryl/α,β-unsaturated/α-hetero) is 1. The minimum absolute atomic E-state index is 0.0217. The van der Waals surface area contributed by atoms with Crippen LogP contribution in [0.4, 0.5) is 17.8 Å². The normalized spacial score (nSPS) is 13.8. The SMILES string of the molecule is CC(=O)COP(=O)(COCCn1cnc2c(=O)[nH]c(N)nc21)OCc1ccccc1.CCOC(=O)[C@@H](C)NP(=O)(COCCn1cnc2c(OC)nc(N)nc21)OCc1ccccc1.CCOC(=O)[C@H](C)NP(=O)(COCCn1cnc2c(OC)nc(N)nc21)OCc1ccccc1. The molecule has 5 atom stereocenters. The van der Waals surface area contributed by atoms with Crippen molar-refractivity contribution < 1.29 is 79.3 Å². The van der Waals surface area contributed by atoms with Crippen molar-refractivity contribution in [2.75, 3.05) is 90.1 Å². The molecule has 0 fully saturated rings. The molecule has 0 saturated carbocycles. The maximum Gasteiger partial charge on any atom is 0.356 e. The van der Waals surface area contributed by atoms with E-state index in [-0.39, 0.29) is 126 Å². The zero-order valence-corrected chi connectivity index (χ0v) is 57.7. The van der Waals surface area contributed by atoms with Gasteiger partial charge in [0.2, 0.25) is 29.6 Å². The Hall–Kier alpha value is -8.95. The molecule has 0 radical (unpaired) electrons. The number of fused-ring (bicyclic) bond motifs is 3. The van der Waals surface area contributed by atoms with Gasteiger partial charge in [0.1, 0.15) is 37.7 Å². The van der Waals surface area contributed by atoms with Crippen molar-refractivity contribution in [1.29, 1.82) is 0 Å². The minimum Gasteiger partial charge on any atom is -0.479 e. The summed E-state index contributed by atoms with van der Waals surface area (Å²) in [5, 5.41) is 5.51. The molecule has 0 aliphatic heterocycles. The van der Waals surface area contributed by atoms with E-state index in [1.807, 2.05) is 91.0 Å². The second-order valence-corrected chi connectivity index (χ2v) is 27.2. The first-order chi connectivity index (χ1) is 47.1. The third kappa shape index (κ3) is 23.4. The molecule has 6 aromatic heterocycles. The fraction of sp³-hybridized carbons (Fsp3) is 0.400. The van der Waals surface area contributed by atoms with Gasteiger partial charge in [-0.25, -0.2) is 25.1 Å². The number of ketones is 1. The minimum atomic E-state index is -3.67. The van der Waals surface area contributed by atoms with E-state index < -0.39 is 52.2 Å². The molecule has 3 unspecified atom stereocenters. The lowest BCUT2D eigenvalue weighted by Crippen LogP contribution is -2.34. The fourth-order valence-corrected chi connectivity index (χ4v) is 13.3. The number of anilines is 3. The number of imidazole rings is 3. The number of hydrogen-bond donors (Lipinski definition) is 6. The first kappa shape index (κ1) is 76.4. The Morgan fingerprint density at radius 3 is 1.30 bits per heavy atom. The molecule has 0 aliphatic carbocycles. The average molecular weight is 1420 g/mol. The second kappa shape index (κ2) is 37.7. The van der Waals surface area contributed by atoms with Crippen LogP contribution in [0.5, 0.6) is 11.8 Å². The van der Waals surface area contributed by atoms with E-state index in [2.05, 4.69) is 55.0 Å². The molecule has 9 aromatic rings. The van der Waals surface area contributed by atoms with Gasteiger partial charge in [0.05, 0.1) is 86.1 Å². The van der Waals surface area contributed by atoms with E-state index in [0.717, 1.165) is 16.7 Å². The van der Waals surface area contributed by atoms with Gasteiger partial charge >= 0.3 is 19.5 Å². The van der Waals surface area contributed by atoms with Crippen molar-refractivity contribution in [3.8, 4) is 11.8 Å². The van der Waals surface area contributed by atoms with Crippen LogP contribution >= 0.6 is 22.6 Å². The molecular weight excluding hydrogens is 1340 g/mol. The Bertz CT molecular complexity index is 4070. The predicted octanol–water partition coefficient (Wildman–Crippen LogP) is 6.38. The van der Waals surface area contributed by atoms with Gasteiger partial charge in [-0.1, -0.05) is 91.0 Å². The summed E-state index contributed by atoms with van der Waals surface area (Å²) in [6.07, 6.45) is 3.73. The lowest BCUT2D eigenvalue weighted by molar-refractivity contribution is -0.145. The maximum atomic E-state index is 13.5. The second-order valence-electron chi connectivity index (χ2n) is 21.0. The third-order valence-electron chi connectivity index (χ3n) is 13.3. The van der Waals surface area contributed by atoms with E-state index in [1.165, 1.54) is 27.5 Å². The molecular formula is C60H80N17O18P3. The molecule has 38 heteroatoms. The molecule has 0 saturated heterocycles. The molecule has 0 amide bonds. The summed E-state index contributed by atoms with van der Waals surface area (Å²) >= 11 is 0. The summed E-state index contributed by atoms with van der Waals surface area (Å²) in [6, 6.07) is 26.1. The van der Waals surface area contributed by atoms with Crippen LogP contribution in [0.3, 0.4) is 0 Å². The van der Waals surface area contributed by atoms with Crippen LogP contribution in [0, 0.1) is 0 Å². The predicted molar refractivity (Wildman–Crippen MR) is 359 cm³/mol. The molecule has 6 heterocycles. The molecule has 98 heavy (non-hydrogen) atoms. The highest BCUT2D eigenvalue weighted by molar-refractivity contribution is 7.57. The van der Waals surface area contributed by atoms with Gasteiger partial charge in [0.25, 0.3) is 20.6 Å². The van der Waals surface area contributed by atoms with Crippen LogP contribution < -0.4 is 42.4 Å². The zero-order valence-electron chi connectivity index (χ0n) is 55.0. The van der Waals surface area contributed by atoms with E-state index in [4.69, 9.17) is 68.5 Å². The lowest BCUT2D eigenvalue weighted by atomic mass is 10.2. The summed E-state index contributed by atoms with van der Waals surface area (Å²) in [7, 11) is -7.84. The van der Waals surface area contributed by atoms with Gasteiger partial charge in [-0.2, -0.15) is 24.9 Å². The molecule has 9 N–H and O–H groups in total. The van der Waals surface area contributed by atoms with Crippen molar-refractivity contribution in [1.82, 2.24) is 68.7 Å². The van der Waals surface area contributed by atoms with Crippen LogP contribution in [0.1, 0.15) is 51.3 Å². The third-order valence-corrected chi connectivity index (χ3v) is 18.6. The number of H-pyrrole nitrogens is 1. The number of aromatic nitrogens is 12. The topological polar surface area (TPSA) is 457 Å². The van der Waals surface area contributed by atoms with E-state index >= 15 is 0 Å². The highest BCUT2D eigenvalue weighted by atomic mass is 31.2. The Labute approximate surface area is 562 Å². The van der Waals surface area contributed by atoms with E-state index in [9.17, 15) is 32.9 Å². The summed E-state index contributed by atoms with van der Waals surface area (Å²) in [6.45, 7) is 9.61. The van der Waals surface area contributed by atoms with Crippen LogP contribution in [-0.4, -0.2) is 161 Å². The van der Waals surface area contributed by atoms with Gasteiger partial charge in [0.15, 0.2) is 39.3 Å². The van der Waals surface area contributed by atoms with Crippen molar-refractivity contribution in [2.45, 2.75) is 86.2 Å². The highest BCUT2D eigenvalue weighted by Crippen LogP contribution is 2.49.